The number of rotatable bonds is 54. The van der Waals surface area contributed by atoms with Crippen molar-refractivity contribution in [3.05, 3.63) is 134 Å². The van der Waals surface area contributed by atoms with Crippen molar-refractivity contribution in [3.63, 3.8) is 0 Å². The smallest absolute Gasteiger partial charge is 0.462 e. The zero-order chi connectivity index (χ0) is 54.5. The highest BCUT2D eigenvalue weighted by Gasteiger charge is 2.26. The van der Waals surface area contributed by atoms with E-state index in [9.17, 15) is 19.0 Å². The van der Waals surface area contributed by atoms with Gasteiger partial charge in [-0.2, -0.15) is 0 Å². The zero-order valence-electron chi connectivity index (χ0n) is 47.5. The summed E-state index contributed by atoms with van der Waals surface area (Å²) in [5.41, 5.74) is 5.38. The molecule has 75 heavy (non-hydrogen) atoms. The van der Waals surface area contributed by atoms with Crippen LogP contribution in [0.15, 0.2) is 134 Å². The summed E-state index contributed by atoms with van der Waals surface area (Å²) in [5.74, 6) is -0.883. The van der Waals surface area contributed by atoms with Crippen molar-refractivity contribution in [2.75, 3.05) is 26.4 Å². The van der Waals surface area contributed by atoms with Crippen molar-refractivity contribution >= 4 is 19.8 Å². The van der Waals surface area contributed by atoms with Crippen LogP contribution in [0.25, 0.3) is 0 Å². The van der Waals surface area contributed by atoms with Gasteiger partial charge in [0.25, 0.3) is 0 Å². The van der Waals surface area contributed by atoms with E-state index in [0.29, 0.717) is 6.42 Å². The zero-order valence-corrected chi connectivity index (χ0v) is 48.4. The average molecular weight is 1060 g/mol. The Balaban J connectivity index is 3.99. The van der Waals surface area contributed by atoms with E-state index in [1.54, 1.807) is 0 Å². The van der Waals surface area contributed by atoms with E-state index in [-0.39, 0.29) is 32.6 Å². The molecule has 0 bridgehead atoms. The van der Waals surface area contributed by atoms with Crippen LogP contribution in [0.2, 0.25) is 0 Å². The van der Waals surface area contributed by atoms with Gasteiger partial charge in [-0.3, -0.25) is 18.6 Å². The molecule has 3 N–H and O–H groups in total. The second-order valence-electron chi connectivity index (χ2n) is 19.1. The van der Waals surface area contributed by atoms with Gasteiger partial charge in [0, 0.05) is 19.4 Å². The first-order valence-electron chi connectivity index (χ1n) is 29.7. The van der Waals surface area contributed by atoms with Crippen LogP contribution in [0.3, 0.4) is 0 Å². The Labute approximate surface area is 459 Å². The fraction of sp³-hybridized carbons (Fsp3) is 0.631. The molecule has 0 aromatic carbocycles. The van der Waals surface area contributed by atoms with Crippen LogP contribution in [-0.2, 0) is 32.7 Å². The van der Waals surface area contributed by atoms with Gasteiger partial charge in [-0.25, -0.2) is 4.57 Å². The predicted octanol–water partition coefficient (Wildman–Crippen LogP) is 19.0. The summed E-state index contributed by atoms with van der Waals surface area (Å²) < 4.78 is 33.0. The summed E-state index contributed by atoms with van der Waals surface area (Å²) in [4.78, 5) is 35.2. The number of phosphoric ester groups is 1. The molecule has 0 radical (unpaired) electrons. The molecule has 0 aliphatic rings. The lowest BCUT2D eigenvalue weighted by Crippen LogP contribution is -2.29. The van der Waals surface area contributed by atoms with Gasteiger partial charge in [0.15, 0.2) is 6.10 Å². The van der Waals surface area contributed by atoms with Gasteiger partial charge in [0.1, 0.15) is 6.61 Å². The second-order valence-corrected chi connectivity index (χ2v) is 20.6. The Bertz CT molecular complexity index is 1680. The lowest BCUT2D eigenvalue weighted by atomic mass is 10.0. The minimum absolute atomic E-state index is 0.0400. The number of unbranched alkanes of at least 4 members (excludes halogenated alkanes) is 19. The van der Waals surface area contributed by atoms with Crippen molar-refractivity contribution in [1.29, 1.82) is 0 Å². The van der Waals surface area contributed by atoms with Gasteiger partial charge < -0.3 is 20.1 Å². The normalized spacial score (nSPS) is 14.0. The Morgan fingerprint density at radius 3 is 1.05 bits per heavy atom. The largest absolute Gasteiger partial charge is 0.472 e. The van der Waals surface area contributed by atoms with Crippen LogP contribution in [-0.4, -0.2) is 49.3 Å². The molecule has 2 atom stereocenters. The van der Waals surface area contributed by atoms with Gasteiger partial charge in [-0.1, -0.05) is 244 Å². The Morgan fingerprint density at radius 1 is 0.400 bits per heavy atom. The minimum atomic E-state index is -4.41. The lowest BCUT2D eigenvalue weighted by Gasteiger charge is -2.19. The molecule has 0 aliphatic carbocycles. The third-order valence-electron chi connectivity index (χ3n) is 12.0. The predicted molar refractivity (Wildman–Crippen MR) is 320 cm³/mol. The summed E-state index contributed by atoms with van der Waals surface area (Å²) in [7, 11) is -4.41. The summed E-state index contributed by atoms with van der Waals surface area (Å²) in [6.45, 7) is 3.46. The molecule has 0 rings (SSSR count). The lowest BCUT2D eigenvalue weighted by molar-refractivity contribution is -0.161. The van der Waals surface area contributed by atoms with E-state index in [2.05, 4.69) is 148 Å². The van der Waals surface area contributed by atoms with Gasteiger partial charge in [0.05, 0.1) is 13.2 Å². The van der Waals surface area contributed by atoms with E-state index < -0.39 is 32.5 Å². The molecular weight excluding hydrogens is 954 g/mol. The highest BCUT2D eigenvalue weighted by molar-refractivity contribution is 7.47. The molecule has 0 amide bonds. The number of ether oxygens (including phenoxy) is 2. The number of allylic oxidation sites excluding steroid dienone is 22. The number of phosphoric acid groups is 1. The maximum Gasteiger partial charge on any atom is 0.472 e. The van der Waals surface area contributed by atoms with Crippen molar-refractivity contribution in [3.8, 4) is 0 Å². The standard InChI is InChI=1S/C65H108NO8P/c1-3-5-7-9-11-13-15-17-19-21-23-25-26-27-28-29-30-31-32-33-34-35-36-38-39-41-43-45-47-49-51-53-55-57-64(67)71-61-63(62-73-75(69,70)72-60-59-66)74-65(68)58-56-54-52-50-48-46-44-42-40-37-24-22-20-18-16-14-12-10-8-6-4-2/h5-8,11-14,17-20,23-25,27-28,37,42,44,48,50,63H,3-4,9-10,15-16,21-22,26,29-36,38-41,43,45-47,49,51-62,66H2,1-2H3,(H,69,70)/b7-5-,8-6-,13-11-,14-12-,19-17-,20-18-,25-23-,28-27-,37-24-,44-42-,50-48-. The molecule has 0 aliphatic heterocycles. The molecular formula is C65H108NO8P. The monoisotopic (exact) mass is 1060 g/mol. The first-order valence-corrected chi connectivity index (χ1v) is 31.2. The Hall–Kier alpha value is -3.85. The minimum Gasteiger partial charge on any atom is -0.462 e. The first-order chi connectivity index (χ1) is 36.8. The number of carbonyl (C=O) groups is 2. The van der Waals surface area contributed by atoms with E-state index in [4.69, 9.17) is 24.3 Å². The van der Waals surface area contributed by atoms with Gasteiger partial charge in [-0.15, -0.1) is 0 Å². The first kappa shape index (κ1) is 71.2. The number of carbonyl (C=O) groups excluding carboxylic acids is 2. The highest BCUT2D eigenvalue weighted by Crippen LogP contribution is 2.43. The number of hydrogen-bond donors (Lipinski definition) is 2. The van der Waals surface area contributed by atoms with Crippen molar-refractivity contribution in [1.82, 2.24) is 0 Å². The maximum atomic E-state index is 12.7. The molecule has 0 aromatic rings. The molecule has 0 aromatic heterocycles. The third kappa shape index (κ3) is 59.3. The Kier molecular flexibility index (Phi) is 56.3. The summed E-state index contributed by atoms with van der Waals surface area (Å²) in [5, 5.41) is 0. The highest BCUT2D eigenvalue weighted by atomic mass is 31.2. The molecule has 0 heterocycles. The van der Waals surface area contributed by atoms with Gasteiger partial charge >= 0.3 is 19.8 Å². The maximum absolute atomic E-state index is 12.7. The summed E-state index contributed by atoms with van der Waals surface area (Å²) in [6, 6.07) is 0. The molecule has 0 saturated carbocycles. The number of hydrogen-bond acceptors (Lipinski definition) is 8. The van der Waals surface area contributed by atoms with Crippen LogP contribution in [0.4, 0.5) is 0 Å². The van der Waals surface area contributed by atoms with E-state index in [1.807, 2.05) is 0 Å². The van der Waals surface area contributed by atoms with Crippen LogP contribution in [0.5, 0.6) is 0 Å². The van der Waals surface area contributed by atoms with Crippen LogP contribution >= 0.6 is 7.82 Å². The average Bonchev–Trinajstić information content (AvgIpc) is 3.40. The van der Waals surface area contributed by atoms with Crippen LogP contribution < -0.4 is 5.73 Å². The summed E-state index contributed by atoms with van der Waals surface area (Å²) >= 11 is 0. The SMILES string of the molecule is CC/C=C\C/C=C\C/C=C\C/C=C\C/C=C\C/C=C\CCCCC(=O)OC(COC(=O)CCCCCCCCCCCCCCCCCCC/C=C\C/C=C\C/C=C\C/C=C\C/C=C\CC)COP(=O)(O)OCCN. The van der Waals surface area contributed by atoms with Crippen LogP contribution in [0.1, 0.15) is 232 Å². The third-order valence-corrected chi connectivity index (χ3v) is 13.0. The van der Waals surface area contributed by atoms with E-state index >= 15 is 0 Å². The Morgan fingerprint density at radius 2 is 0.693 bits per heavy atom. The van der Waals surface area contributed by atoms with Crippen molar-refractivity contribution < 1.29 is 37.6 Å². The molecule has 2 unspecified atom stereocenters. The molecule has 426 valence electrons. The summed E-state index contributed by atoms with van der Waals surface area (Å²) in [6.07, 6.45) is 83.8. The number of nitrogens with two attached hydrogens (primary N) is 1. The van der Waals surface area contributed by atoms with Crippen molar-refractivity contribution in [2.24, 2.45) is 5.73 Å². The molecule has 10 heteroatoms. The van der Waals surface area contributed by atoms with E-state index in [1.165, 1.54) is 96.3 Å². The van der Waals surface area contributed by atoms with Gasteiger partial charge in [0.2, 0.25) is 0 Å². The molecule has 0 saturated heterocycles. The molecule has 0 fully saturated rings. The quantitative estimate of drug-likeness (QED) is 0.0264. The van der Waals surface area contributed by atoms with E-state index in [0.717, 1.165) is 103 Å². The van der Waals surface area contributed by atoms with Gasteiger partial charge in [-0.05, 0) is 109 Å². The molecule has 9 nitrogen and oxygen atoms in total. The van der Waals surface area contributed by atoms with Crippen molar-refractivity contribution in [2.45, 2.75) is 238 Å². The fourth-order valence-corrected chi connectivity index (χ4v) is 8.49. The topological polar surface area (TPSA) is 134 Å². The molecule has 0 spiro atoms. The fourth-order valence-electron chi connectivity index (χ4n) is 7.72. The van der Waals surface area contributed by atoms with Crippen LogP contribution in [0, 0.1) is 0 Å². The second kappa shape index (κ2) is 59.4. The number of esters is 2.